The lowest BCUT2D eigenvalue weighted by Crippen LogP contribution is -2.28. The van der Waals surface area contributed by atoms with E-state index < -0.39 is 0 Å². The minimum absolute atomic E-state index is 0.638. The lowest BCUT2D eigenvalue weighted by atomic mass is 10.2. The molecule has 2 N–H and O–H groups in total. The first-order valence-corrected chi connectivity index (χ1v) is 4.60. The van der Waals surface area contributed by atoms with Gasteiger partial charge in [-0.2, -0.15) is 0 Å². The van der Waals surface area contributed by atoms with Gasteiger partial charge in [0.05, 0.1) is 11.9 Å². The number of rotatable bonds is 2. The standard InChI is InChI=1S/C9H13N3S/c1-3-11-9(13)12-8-6-10-5-4-7(8)2/h4-6H,3H2,1-2H3,(H2,11,12,13). The van der Waals surface area contributed by atoms with Crippen LogP contribution in [0.4, 0.5) is 5.69 Å². The van der Waals surface area contributed by atoms with Crippen molar-refractivity contribution in [2.24, 2.45) is 0 Å². The highest BCUT2D eigenvalue weighted by Crippen LogP contribution is 2.10. The predicted octanol–water partition coefficient (Wildman–Crippen LogP) is 1.70. The molecule has 0 atom stereocenters. The van der Waals surface area contributed by atoms with Crippen molar-refractivity contribution in [2.75, 3.05) is 11.9 Å². The van der Waals surface area contributed by atoms with Crippen molar-refractivity contribution in [2.45, 2.75) is 13.8 Å². The molecule has 3 nitrogen and oxygen atoms in total. The van der Waals surface area contributed by atoms with E-state index >= 15 is 0 Å². The minimum atomic E-state index is 0.638. The Morgan fingerprint density at radius 3 is 3.00 bits per heavy atom. The van der Waals surface area contributed by atoms with Crippen molar-refractivity contribution in [3.05, 3.63) is 24.0 Å². The van der Waals surface area contributed by atoms with E-state index in [1.54, 1.807) is 12.4 Å². The summed E-state index contributed by atoms with van der Waals surface area (Å²) >= 11 is 5.04. The molecular weight excluding hydrogens is 182 g/mol. The molecule has 1 rings (SSSR count). The first-order valence-electron chi connectivity index (χ1n) is 4.19. The Balaban J connectivity index is 2.63. The van der Waals surface area contributed by atoms with Crippen LogP contribution in [0, 0.1) is 6.92 Å². The van der Waals surface area contributed by atoms with Gasteiger partial charge in [-0.25, -0.2) is 0 Å². The molecular formula is C9H13N3S. The van der Waals surface area contributed by atoms with Gasteiger partial charge in [0.1, 0.15) is 0 Å². The van der Waals surface area contributed by atoms with E-state index in [0.29, 0.717) is 5.11 Å². The van der Waals surface area contributed by atoms with Crippen LogP contribution < -0.4 is 10.6 Å². The molecule has 0 fully saturated rings. The molecule has 1 aromatic rings. The van der Waals surface area contributed by atoms with Crippen LogP contribution in [-0.4, -0.2) is 16.6 Å². The van der Waals surface area contributed by atoms with Gasteiger partial charge in [0, 0.05) is 12.7 Å². The second-order valence-electron chi connectivity index (χ2n) is 2.68. The molecule has 0 aliphatic heterocycles. The smallest absolute Gasteiger partial charge is 0.170 e. The van der Waals surface area contributed by atoms with Gasteiger partial charge in [-0.15, -0.1) is 0 Å². The molecule has 1 aromatic heterocycles. The van der Waals surface area contributed by atoms with Gasteiger partial charge >= 0.3 is 0 Å². The zero-order chi connectivity index (χ0) is 9.68. The molecule has 0 aliphatic carbocycles. The van der Waals surface area contributed by atoms with Gasteiger partial charge in [0.25, 0.3) is 0 Å². The van der Waals surface area contributed by atoms with Gasteiger partial charge in [0.15, 0.2) is 5.11 Å². The summed E-state index contributed by atoms with van der Waals surface area (Å²) in [5.74, 6) is 0. The first kappa shape index (κ1) is 9.92. The zero-order valence-corrected chi connectivity index (χ0v) is 8.61. The summed E-state index contributed by atoms with van der Waals surface area (Å²) in [6, 6.07) is 1.94. The van der Waals surface area contributed by atoms with Crippen LogP contribution in [-0.2, 0) is 0 Å². The van der Waals surface area contributed by atoms with E-state index in [2.05, 4.69) is 15.6 Å². The van der Waals surface area contributed by atoms with Crippen LogP contribution in [0.15, 0.2) is 18.5 Å². The summed E-state index contributed by atoms with van der Waals surface area (Å²) in [7, 11) is 0. The second-order valence-corrected chi connectivity index (χ2v) is 3.08. The highest BCUT2D eigenvalue weighted by Gasteiger charge is 1.98. The van der Waals surface area contributed by atoms with Crippen molar-refractivity contribution in [3.63, 3.8) is 0 Å². The average molecular weight is 195 g/mol. The summed E-state index contributed by atoms with van der Waals surface area (Å²) < 4.78 is 0. The van der Waals surface area contributed by atoms with E-state index in [0.717, 1.165) is 17.8 Å². The topological polar surface area (TPSA) is 37.0 Å². The third-order valence-electron chi connectivity index (χ3n) is 1.62. The Kier molecular flexibility index (Phi) is 3.64. The third kappa shape index (κ3) is 2.99. The lowest BCUT2D eigenvalue weighted by molar-refractivity contribution is 0.979. The number of nitrogens with one attached hydrogen (secondary N) is 2. The molecule has 0 saturated heterocycles. The quantitative estimate of drug-likeness (QED) is 0.704. The highest BCUT2D eigenvalue weighted by atomic mass is 32.1. The molecule has 0 aromatic carbocycles. The summed E-state index contributed by atoms with van der Waals surface area (Å²) in [6.45, 7) is 4.84. The van der Waals surface area contributed by atoms with Crippen molar-refractivity contribution < 1.29 is 0 Å². The maximum Gasteiger partial charge on any atom is 0.170 e. The fourth-order valence-corrected chi connectivity index (χ4v) is 1.18. The molecule has 0 radical (unpaired) electrons. The number of nitrogens with zero attached hydrogens (tertiary/aromatic N) is 1. The highest BCUT2D eigenvalue weighted by molar-refractivity contribution is 7.80. The molecule has 0 unspecified atom stereocenters. The molecule has 70 valence electrons. The van der Waals surface area contributed by atoms with Crippen molar-refractivity contribution in [1.82, 2.24) is 10.3 Å². The van der Waals surface area contributed by atoms with E-state index in [4.69, 9.17) is 12.2 Å². The number of hydrogen-bond acceptors (Lipinski definition) is 2. The molecule has 0 spiro atoms. The normalized spacial score (nSPS) is 9.38. The van der Waals surface area contributed by atoms with Crippen molar-refractivity contribution >= 4 is 23.0 Å². The zero-order valence-electron chi connectivity index (χ0n) is 7.79. The first-order chi connectivity index (χ1) is 6.24. The summed E-state index contributed by atoms with van der Waals surface area (Å²) in [5.41, 5.74) is 2.09. The predicted molar refractivity (Wildman–Crippen MR) is 58.9 cm³/mol. The van der Waals surface area contributed by atoms with Crippen LogP contribution in [0.5, 0.6) is 0 Å². The van der Waals surface area contributed by atoms with Gasteiger partial charge in [-0.1, -0.05) is 0 Å². The summed E-state index contributed by atoms with van der Waals surface area (Å²) in [6.07, 6.45) is 3.52. The number of anilines is 1. The molecule has 13 heavy (non-hydrogen) atoms. The number of aromatic nitrogens is 1. The van der Waals surface area contributed by atoms with Crippen LogP contribution in [0.2, 0.25) is 0 Å². The van der Waals surface area contributed by atoms with E-state index in [1.807, 2.05) is 19.9 Å². The molecule has 4 heteroatoms. The molecule has 1 heterocycles. The monoisotopic (exact) mass is 195 g/mol. The van der Waals surface area contributed by atoms with Gasteiger partial charge in [0.2, 0.25) is 0 Å². The molecule has 0 amide bonds. The average Bonchev–Trinajstić information content (AvgIpc) is 2.09. The SMILES string of the molecule is CCNC(=S)Nc1cnccc1C. The number of hydrogen-bond donors (Lipinski definition) is 2. The number of thiocarbonyl (C=S) groups is 1. The number of aryl methyl sites for hydroxylation is 1. The fraction of sp³-hybridized carbons (Fsp3) is 0.333. The van der Waals surface area contributed by atoms with Crippen LogP contribution in [0.1, 0.15) is 12.5 Å². The van der Waals surface area contributed by atoms with E-state index in [9.17, 15) is 0 Å². The second kappa shape index (κ2) is 4.77. The Hall–Kier alpha value is -1.16. The third-order valence-corrected chi connectivity index (χ3v) is 1.87. The van der Waals surface area contributed by atoms with Gasteiger partial charge in [-0.3, -0.25) is 4.98 Å². The Bertz CT molecular complexity index is 299. The van der Waals surface area contributed by atoms with E-state index in [-0.39, 0.29) is 0 Å². The lowest BCUT2D eigenvalue weighted by Gasteiger charge is -2.09. The molecule has 0 saturated carbocycles. The van der Waals surface area contributed by atoms with Crippen LogP contribution >= 0.6 is 12.2 Å². The Morgan fingerprint density at radius 1 is 1.62 bits per heavy atom. The Labute approximate surface area is 83.6 Å². The molecule has 0 bridgehead atoms. The maximum atomic E-state index is 5.04. The van der Waals surface area contributed by atoms with Gasteiger partial charge in [-0.05, 0) is 37.7 Å². The summed E-state index contributed by atoms with van der Waals surface area (Å²) in [5, 5.41) is 6.72. The van der Waals surface area contributed by atoms with Crippen molar-refractivity contribution in [1.29, 1.82) is 0 Å². The van der Waals surface area contributed by atoms with E-state index in [1.165, 1.54) is 0 Å². The van der Waals surface area contributed by atoms with Crippen LogP contribution in [0.25, 0.3) is 0 Å². The fourth-order valence-electron chi connectivity index (χ4n) is 0.922. The Morgan fingerprint density at radius 2 is 2.38 bits per heavy atom. The minimum Gasteiger partial charge on any atom is -0.363 e. The summed E-state index contributed by atoms with van der Waals surface area (Å²) in [4.78, 5) is 4.01. The van der Waals surface area contributed by atoms with Gasteiger partial charge < -0.3 is 10.6 Å². The maximum absolute atomic E-state index is 5.04. The number of pyridine rings is 1. The van der Waals surface area contributed by atoms with Crippen molar-refractivity contribution in [3.8, 4) is 0 Å². The molecule has 0 aliphatic rings. The largest absolute Gasteiger partial charge is 0.363 e. The van der Waals surface area contributed by atoms with Crippen LogP contribution in [0.3, 0.4) is 0 Å².